The summed E-state index contributed by atoms with van der Waals surface area (Å²) in [6, 6.07) is 1.66. The molecule has 0 saturated heterocycles. The van der Waals surface area contributed by atoms with Crippen molar-refractivity contribution in [1.82, 2.24) is 9.94 Å². The van der Waals surface area contributed by atoms with Crippen molar-refractivity contribution < 1.29 is 0 Å². The molecule has 3 heteroatoms. The van der Waals surface area contributed by atoms with Gasteiger partial charge in [0.05, 0.1) is 0 Å². The minimum atomic E-state index is 0.583. The Balaban J connectivity index is 3.12. The molecule has 0 unspecified atom stereocenters. The number of aryl methyl sites for hydroxylation is 1. The Morgan fingerprint density at radius 1 is 1.86 bits per heavy atom. The lowest BCUT2D eigenvalue weighted by molar-refractivity contribution is 0.853. The summed E-state index contributed by atoms with van der Waals surface area (Å²) in [6.07, 6.45) is 1.47. The normalized spacial score (nSPS) is 9.29. The van der Waals surface area contributed by atoms with E-state index in [1.165, 1.54) is 6.20 Å². The Morgan fingerprint density at radius 2 is 2.57 bits per heavy atom. The lowest BCUT2D eigenvalue weighted by atomic mass is 10.5. The van der Waals surface area contributed by atoms with Crippen molar-refractivity contribution in [2.24, 2.45) is 0 Å². The van der Waals surface area contributed by atoms with Crippen molar-refractivity contribution in [2.45, 2.75) is 6.92 Å². The zero-order valence-electron chi connectivity index (χ0n) is 3.96. The van der Waals surface area contributed by atoms with Crippen molar-refractivity contribution in [3.8, 4) is 0 Å². The van der Waals surface area contributed by atoms with Crippen molar-refractivity contribution in [3.05, 3.63) is 23.2 Å². The van der Waals surface area contributed by atoms with Gasteiger partial charge in [0.2, 0.25) is 0 Å². The predicted octanol–water partition coefficient (Wildman–Crippen LogP) is 0.537. The van der Waals surface area contributed by atoms with E-state index in [4.69, 9.17) is 0 Å². The van der Waals surface area contributed by atoms with Crippen LogP contribution >= 0.6 is 0 Å². The SMILES string of the molecule is Cc1ccnn1[O-]. The third kappa shape index (κ3) is 0.559. The zero-order chi connectivity index (χ0) is 5.28. The molecule has 0 bridgehead atoms. The molecule has 1 aromatic rings. The van der Waals surface area contributed by atoms with Gasteiger partial charge < -0.3 is 5.21 Å². The lowest BCUT2D eigenvalue weighted by Gasteiger charge is -2.03. The molecule has 0 aliphatic rings. The number of hydrogen-bond acceptors (Lipinski definition) is 2. The minimum Gasteiger partial charge on any atom is -0.790 e. The third-order valence-electron chi connectivity index (χ3n) is 0.789. The summed E-state index contributed by atoms with van der Waals surface area (Å²) in [5, 5.41) is 13.6. The molecule has 3 nitrogen and oxygen atoms in total. The van der Waals surface area contributed by atoms with Crippen LogP contribution in [0.1, 0.15) is 5.69 Å². The summed E-state index contributed by atoms with van der Waals surface area (Å²) in [5.41, 5.74) is 0.639. The van der Waals surface area contributed by atoms with Gasteiger partial charge in [0.1, 0.15) is 0 Å². The second-order valence-corrected chi connectivity index (χ2v) is 1.35. The van der Waals surface area contributed by atoms with E-state index in [0.29, 0.717) is 10.5 Å². The Labute approximate surface area is 41.2 Å². The Morgan fingerprint density at radius 3 is 2.71 bits per heavy atom. The van der Waals surface area contributed by atoms with Crippen LogP contribution in [0, 0.1) is 12.1 Å². The molecule has 0 atom stereocenters. The van der Waals surface area contributed by atoms with Gasteiger partial charge in [-0.2, -0.15) is 5.10 Å². The zero-order valence-corrected chi connectivity index (χ0v) is 3.96. The fraction of sp³-hybridized carbons (Fsp3) is 0.250. The summed E-state index contributed by atoms with van der Waals surface area (Å²) in [4.78, 5) is 0.583. The van der Waals surface area contributed by atoms with Gasteiger partial charge in [0, 0.05) is 11.9 Å². The summed E-state index contributed by atoms with van der Waals surface area (Å²) < 4.78 is 0. The first-order chi connectivity index (χ1) is 3.30. The molecule has 0 aliphatic heterocycles. The first kappa shape index (κ1) is 4.18. The average Bonchev–Trinajstić information content (AvgIpc) is 1.91. The molecular weight excluding hydrogens is 92.1 g/mol. The molecular formula is C4H5N2O-. The summed E-state index contributed by atoms with van der Waals surface area (Å²) in [5.74, 6) is 0. The number of rotatable bonds is 0. The highest BCUT2D eigenvalue weighted by Gasteiger charge is 1.79. The van der Waals surface area contributed by atoms with E-state index in [1.807, 2.05) is 0 Å². The summed E-state index contributed by atoms with van der Waals surface area (Å²) in [7, 11) is 0. The van der Waals surface area contributed by atoms with Gasteiger partial charge in [0.15, 0.2) is 0 Å². The Bertz CT molecular complexity index is 142. The first-order valence-corrected chi connectivity index (χ1v) is 1.99. The van der Waals surface area contributed by atoms with Gasteiger partial charge in [-0.05, 0) is 13.0 Å². The molecule has 0 amide bonds. The van der Waals surface area contributed by atoms with Gasteiger partial charge in [-0.1, -0.05) is 0 Å². The molecule has 1 aromatic heterocycles. The maximum absolute atomic E-state index is 10.2. The summed E-state index contributed by atoms with van der Waals surface area (Å²) >= 11 is 0. The van der Waals surface area contributed by atoms with Crippen LogP contribution in [0.4, 0.5) is 0 Å². The largest absolute Gasteiger partial charge is 0.790 e. The maximum atomic E-state index is 10.2. The predicted molar refractivity (Wildman–Crippen MR) is 25.7 cm³/mol. The van der Waals surface area contributed by atoms with E-state index in [2.05, 4.69) is 5.10 Å². The number of aromatic nitrogens is 2. The molecule has 0 aliphatic carbocycles. The Hall–Kier alpha value is -0.990. The molecule has 0 N–H and O–H groups in total. The van der Waals surface area contributed by atoms with Gasteiger partial charge in [0.25, 0.3) is 0 Å². The average molecular weight is 97.1 g/mol. The van der Waals surface area contributed by atoms with Gasteiger partial charge >= 0.3 is 0 Å². The van der Waals surface area contributed by atoms with Crippen LogP contribution in [0.3, 0.4) is 0 Å². The molecule has 0 aromatic carbocycles. The van der Waals surface area contributed by atoms with Crippen molar-refractivity contribution in [2.75, 3.05) is 0 Å². The highest BCUT2D eigenvalue weighted by molar-refractivity contribution is 4.97. The highest BCUT2D eigenvalue weighted by Crippen LogP contribution is 1.89. The second kappa shape index (κ2) is 1.26. The van der Waals surface area contributed by atoms with Crippen LogP contribution < -0.4 is 0 Å². The van der Waals surface area contributed by atoms with Crippen LogP contribution in [0.15, 0.2) is 12.3 Å². The van der Waals surface area contributed by atoms with Crippen LogP contribution in [-0.2, 0) is 0 Å². The quantitative estimate of drug-likeness (QED) is 0.474. The topological polar surface area (TPSA) is 40.9 Å². The standard InChI is InChI=1S/C4H5N2O/c1-4-2-3-5-6(4)7/h2-3H,1H3/q-1. The van der Waals surface area contributed by atoms with E-state index in [-0.39, 0.29) is 0 Å². The van der Waals surface area contributed by atoms with E-state index < -0.39 is 0 Å². The van der Waals surface area contributed by atoms with E-state index in [0.717, 1.165) is 0 Å². The van der Waals surface area contributed by atoms with Crippen molar-refractivity contribution in [1.29, 1.82) is 0 Å². The van der Waals surface area contributed by atoms with Gasteiger partial charge in [-0.3, -0.25) is 4.85 Å². The first-order valence-electron chi connectivity index (χ1n) is 1.99. The molecule has 0 spiro atoms. The van der Waals surface area contributed by atoms with Crippen molar-refractivity contribution >= 4 is 0 Å². The molecule has 1 heterocycles. The fourth-order valence-electron chi connectivity index (χ4n) is 0.357. The van der Waals surface area contributed by atoms with E-state index >= 15 is 0 Å². The number of hydrogen-bond donors (Lipinski definition) is 0. The lowest BCUT2D eigenvalue weighted by Crippen LogP contribution is -1.88. The molecule has 38 valence electrons. The van der Waals surface area contributed by atoms with E-state index in [1.54, 1.807) is 13.0 Å². The molecule has 0 radical (unpaired) electrons. The van der Waals surface area contributed by atoms with Gasteiger partial charge in [-0.15, -0.1) is 0 Å². The van der Waals surface area contributed by atoms with Crippen LogP contribution in [0.25, 0.3) is 0 Å². The van der Waals surface area contributed by atoms with Crippen molar-refractivity contribution in [3.63, 3.8) is 0 Å². The highest BCUT2D eigenvalue weighted by atomic mass is 16.5. The monoisotopic (exact) mass is 97.0 g/mol. The molecule has 0 fully saturated rings. The minimum absolute atomic E-state index is 0.583. The van der Waals surface area contributed by atoms with Crippen LogP contribution in [0.5, 0.6) is 0 Å². The van der Waals surface area contributed by atoms with Crippen LogP contribution in [-0.4, -0.2) is 9.94 Å². The van der Waals surface area contributed by atoms with Crippen LogP contribution in [0.2, 0.25) is 0 Å². The second-order valence-electron chi connectivity index (χ2n) is 1.35. The molecule has 1 rings (SSSR count). The smallest absolute Gasteiger partial charge is 0.0488 e. The molecule has 7 heavy (non-hydrogen) atoms. The molecule has 0 saturated carbocycles. The maximum Gasteiger partial charge on any atom is 0.0488 e. The summed E-state index contributed by atoms with van der Waals surface area (Å²) in [6.45, 7) is 1.71. The third-order valence-corrected chi connectivity index (χ3v) is 0.789. The fourth-order valence-corrected chi connectivity index (χ4v) is 0.357. The number of nitrogens with zero attached hydrogens (tertiary/aromatic N) is 2. The van der Waals surface area contributed by atoms with E-state index in [9.17, 15) is 5.21 Å². The Kier molecular flexibility index (Phi) is 0.749. The van der Waals surface area contributed by atoms with Gasteiger partial charge in [-0.25, -0.2) is 0 Å².